The molecular formula is C27H38N4O4S. The largest absolute Gasteiger partial charge is 0.497 e. The van der Waals surface area contributed by atoms with Crippen molar-refractivity contribution < 1.29 is 18.5 Å². The lowest BCUT2D eigenvalue weighted by Gasteiger charge is -2.28. The van der Waals surface area contributed by atoms with Gasteiger partial charge in [-0.05, 0) is 100 Å². The Morgan fingerprint density at radius 2 is 1.72 bits per heavy atom. The molecule has 0 aromatic heterocycles. The molecular weight excluding hydrogens is 476 g/mol. The molecule has 0 aliphatic carbocycles. The number of carbonyl (C=O) groups is 2. The van der Waals surface area contributed by atoms with Crippen LogP contribution in [0.4, 0.5) is 5.69 Å². The summed E-state index contributed by atoms with van der Waals surface area (Å²) in [7, 11) is 4.08. The maximum absolute atomic E-state index is 13.1. The number of benzene rings is 2. The van der Waals surface area contributed by atoms with Crippen molar-refractivity contribution in [2.75, 3.05) is 52.7 Å². The maximum atomic E-state index is 13.1. The smallest absolute Gasteiger partial charge is 0.251 e. The fourth-order valence-corrected chi connectivity index (χ4v) is 5.57. The Labute approximate surface area is 217 Å². The summed E-state index contributed by atoms with van der Waals surface area (Å²) in [6.45, 7) is 6.98. The van der Waals surface area contributed by atoms with Crippen molar-refractivity contribution in [1.29, 1.82) is 0 Å². The number of hydrogen-bond donors (Lipinski definition) is 2. The van der Waals surface area contributed by atoms with Gasteiger partial charge >= 0.3 is 0 Å². The summed E-state index contributed by atoms with van der Waals surface area (Å²) >= 11 is 0. The van der Waals surface area contributed by atoms with Gasteiger partial charge in [-0.3, -0.25) is 9.59 Å². The lowest BCUT2D eigenvalue weighted by atomic mass is 9.97. The van der Waals surface area contributed by atoms with Gasteiger partial charge in [0.15, 0.2) is 0 Å². The van der Waals surface area contributed by atoms with E-state index < -0.39 is 11.0 Å². The number of likely N-dealkylation sites (tertiary alicyclic amines) is 1. The monoisotopic (exact) mass is 514 g/mol. The van der Waals surface area contributed by atoms with E-state index in [0.717, 1.165) is 47.7 Å². The lowest BCUT2D eigenvalue weighted by molar-refractivity contribution is -0.116. The summed E-state index contributed by atoms with van der Waals surface area (Å²) in [6.07, 6.45) is 2.39. The molecule has 1 heterocycles. The molecule has 9 heteroatoms. The van der Waals surface area contributed by atoms with Crippen LogP contribution in [0.5, 0.6) is 5.75 Å². The summed E-state index contributed by atoms with van der Waals surface area (Å²) in [6, 6.07) is 10.6. The molecule has 2 amide bonds. The van der Waals surface area contributed by atoms with E-state index in [4.69, 9.17) is 4.74 Å². The van der Waals surface area contributed by atoms with E-state index in [1.165, 1.54) is 0 Å². The number of amides is 2. The first-order valence-corrected chi connectivity index (χ1v) is 13.4. The Balaban J connectivity index is 1.46. The number of ether oxygens (including phenoxy) is 1. The highest BCUT2D eigenvalue weighted by Crippen LogP contribution is 2.25. The van der Waals surface area contributed by atoms with E-state index in [1.54, 1.807) is 42.7 Å². The highest BCUT2D eigenvalue weighted by Gasteiger charge is 2.19. The second-order valence-corrected chi connectivity index (χ2v) is 11.1. The first-order chi connectivity index (χ1) is 17.2. The Kier molecular flexibility index (Phi) is 10.0. The lowest BCUT2D eigenvalue weighted by Crippen LogP contribution is -2.36. The van der Waals surface area contributed by atoms with Crippen LogP contribution in [-0.2, 0) is 15.8 Å². The zero-order valence-electron chi connectivity index (χ0n) is 21.9. The average molecular weight is 515 g/mol. The summed E-state index contributed by atoms with van der Waals surface area (Å²) < 4.78 is 20.0. The van der Waals surface area contributed by atoms with Crippen LogP contribution in [0.15, 0.2) is 41.3 Å². The van der Waals surface area contributed by atoms with Gasteiger partial charge < -0.3 is 20.3 Å². The third kappa shape index (κ3) is 7.62. The quantitative estimate of drug-likeness (QED) is 0.507. The maximum Gasteiger partial charge on any atom is 0.251 e. The van der Waals surface area contributed by atoms with Crippen LogP contribution >= 0.6 is 0 Å². The fourth-order valence-electron chi connectivity index (χ4n) is 4.34. The minimum Gasteiger partial charge on any atom is -0.497 e. The molecule has 0 spiro atoms. The molecule has 3 rings (SSSR count). The molecule has 2 N–H and O–H groups in total. The van der Waals surface area contributed by atoms with Crippen molar-refractivity contribution >= 4 is 28.5 Å². The van der Waals surface area contributed by atoms with E-state index in [1.807, 2.05) is 26.0 Å². The van der Waals surface area contributed by atoms with Gasteiger partial charge in [-0.2, -0.15) is 0 Å². The van der Waals surface area contributed by atoms with Gasteiger partial charge in [0.1, 0.15) is 16.7 Å². The number of carbonyl (C=O) groups excluding carboxylic acids is 2. The molecule has 1 aliphatic rings. The molecule has 1 fully saturated rings. The topological polar surface area (TPSA) is 91.0 Å². The molecule has 2 aromatic carbocycles. The summed E-state index contributed by atoms with van der Waals surface area (Å²) in [5.74, 6) is 0.976. The van der Waals surface area contributed by atoms with Crippen molar-refractivity contribution in [3.05, 3.63) is 53.1 Å². The van der Waals surface area contributed by atoms with Crippen molar-refractivity contribution in [3.8, 4) is 5.75 Å². The van der Waals surface area contributed by atoms with Crippen LogP contribution in [0.25, 0.3) is 0 Å². The van der Waals surface area contributed by atoms with Gasteiger partial charge in [-0.25, -0.2) is 8.51 Å². The zero-order valence-corrected chi connectivity index (χ0v) is 22.7. The van der Waals surface area contributed by atoms with E-state index >= 15 is 0 Å². The van der Waals surface area contributed by atoms with E-state index in [2.05, 4.69) is 22.6 Å². The van der Waals surface area contributed by atoms with Gasteiger partial charge in [-0.1, -0.05) is 0 Å². The number of anilines is 1. The average Bonchev–Trinajstić information content (AvgIpc) is 2.86. The number of hydrogen-bond acceptors (Lipinski definition) is 5. The van der Waals surface area contributed by atoms with Crippen molar-refractivity contribution in [1.82, 2.24) is 14.5 Å². The van der Waals surface area contributed by atoms with Crippen LogP contribution in [-0.4, -0.2) is 72.6 Å². The van der Waals surface area contributed by atoms with Crippen LogP contribution in [0.1, 0.15) is 40.7 Å². The third-order valence-corrected chi connectivity index (χ3v) is 8.34. The Morgan fingerprint density at radius 1 is 1.11 bits per heavy atom. The normalized spacial score (nSPS) is 15.5. The van der Waals surface area contributed by atoms with Gasteiger partial charge in [-0.15, -0.1) is 0 Å². The molecule has 0 bridgehead atoms. The number of nitrogens with zero attached hydrogens (tertiary/aromatic N) is 2. The SMILES string of the molecule is COc1cc(C)c(S(=O)N(C)CCC(=O)Nc2ccc(C(=O)NCC3CCN(C)CC3)cc2)c(C)c1. The molecule has 196 valence electrons. The first kappa shape index (κ1) is 27.8. The Hall–Kier alpha value is -2.75. The summed E-state index contributed by atoms with van der Waals surface area (Å²) in [5.41, 5.74) is 2.97. The highest BCUT2D eigenvalue weighted by atomic mass is 32.2. The van der Waals surface area contributed by atoms with E-state index in [-0.39, 0.29) is 18.2 Å². The van der Waals surface area contributed by atoms with Gasteiger partial charge in [0.25, 0.3) is 5.91 Å². The summed E-state index contributed by atoms with van der Waals surface area (Å²) in [5, 5.41) is 5.88. The third-order valence-electron chi connectivity index (χ3n) is 6.60. The zero-order chi connectivity index (χ0) is 26.2. The fraction of sp³-hybridized carbons (Fsp3) is 0.481. The van der Waals surface area contributed by atoms with Gasteiger partial charge in [0.2, 0.25) is 5.91 Å². The molecule has 1 saturated heterocycles. The van der Waals surface area contributed by atoms with Gasteiger partial charge in [0, 0.05) is 37.8 Å². The molecule has 2 aromatic rings. The predicted octanol–water partition coefficient (Wildman–Crippen LogP) is 3.37. The molecule has 0 radical (unpaired) electrons. The predicted molar refractivity (Wildman–Crippen MR) is 144 cm³/mol. The second kappa shape index (κ2) is 13.0. The number of methoxy groups -OCH3 is 1. The molecule has 1 aliphatic heterocycles. The molecule has 36 heavy (non-hydrogen) atoms. The van der Waals surface area contributed by atoms with E-state index in [9.17, 15) is 13.8 Å². The van der Waals surface area contributed by atoms with E-state index in [0.29, 0.717) is 30.3 Å². The highest BCUT2D eigenvalue weighted by molar-refractivity contribution is 7.82. The van der Waals surface area contributed by atoms with Crippen LogP contribution in [0, 0.1) is 19.8 Å². The first-order valence-electron chi connectivity index (χ1n) is 12.3. The molecule has 1 atom stereocenters. The van der Waals surface area contributed by atoms with Crippen LogP contribution in [0.2, 0.25) is 0 Å². The van der Waals surface area contributed by atoms with Crippen LogP contribution in [0.3, 0.4) is 0 Å². The minimum atomic E-state index is -1.39. The molecule has 8 nitrogen and oxygen atoms in total. The summed E-state index contributed by atoms with van der Waals surface area (Å²) in [4.78, 5) is 28.0. The molecule has 0 saturated carbocycles. The van der Waals surface area contributed by atoms with Gasteiger partial charge in [0.05, 0.1) is 12.0 Å². The second-order valence-electron chi connectivity index (χ2n) is 9.52. The Bertz CT molecular complexity index is 1060. The van der Waals surface area contributed by atoms with Crippen molar-refractivity contribution in [2.45, 2.75) is 38.0 Å². The van der Waals surface area contributed by atoms with Crippen molar-refractivity contribution in [2.24, 2.45) is 5.92 Å². The Morgan fingerprint density at radius 3 is 2.31 bits per heavy atom. The standard InChI is InChI=1S/C27H38N4O4S/c1-19-16-24(35-5)17-20(2)26(19)36(34)31(4)15-12-25(32)29-23-8-6-22(7-9-23)27(33)28-18-21-10-13-30(3)14-11-21/h6-9,16-17,21H,10-15,18H2,1-5H3,(H,28,33)(H,29,32). The van der Waals surface area contributed by atoms with Crippen LogP contribution < -0.4 is 15.4 Å². The minimum absolute atomic E-state index is 0.0972. The number of nitrogens with one attached hydrogen (secondary N) is 2. The van der Waals surface area contributed by atoms with Crippen molar-refractivity contribution in [3.63, 3.8) is 0 Å². The number of piperidine rings is 1. The number of aryl methyl sites for hydroxylation is 2. The molecule has 1 unspecified atom stereocenters. The number of rotatable bonds is 10.